The molecule has 0 unspecified atom stereocenters. The van der Waals surface area contributed by atoms with E-state index in [1.807, 2.05) is 0 Å². The van der Waals surface area contributed by atoms with Crippen molar-refractivity contribution in [3.05, 3.63) is 33.0 Å². The molecule has 0 N–H and O–H groups in total. The monoisotopic (exact) mass is 550 g/mol. The van der Waals surface area contributed by atoms with Gasteiger partial charge in [-0.05, 0) is 12.1 Å². The van der Waals surface area contributed by atoms with Crippen molar-refractivity contribution in [2.45, 2.75) is 78.6 Å². The SMILES string of the molecule is C[Si](C)(C)C#Cc1cc(C#C[Si](C)(C)C)c(-c2sc(C#C[Si](C)(C)C)cc2C#C[Si](C)(C)C)s1. The summed E-state index contributed by atoms with van der Waals surface area (Å²) in [7, 11) is -5.93. The molecule has 0 saturated heterocycles. The molecule has 0 nitrogen and oxygen atoms in total. The molecule has 0 radical (unpaired) electrons. The van der Waals surface area contributed by atoms with Crippen LogP contribution in [0.15, 0.2) is 12.1 Å². The van der Waals surface area contributed by atoms with Crippen molar-refractivity contribution in [3.63, 3.8) is 0 Å². The van der Waals surface area contributed by atoms with Crippen LogP contribution in [0.5, 0.6) is 0 Å². The fourth-order valence-corrected chi connectivity index (χ4v) is 6.75. The van der Waals surface area contributed by atoms with E-state index in [0.717, 1.165) is 20.9 Å². The summed E-state index contributed by atoms with van der Waals surface area (Å²) in [6.07, 6.45) is 0. The predicted molar refractivity (Wildman–Crippen MR) is 169 cm³/mol. The van der Waals surface area contributed by atoms with Gasteiger partial charge in [-0.2, -0.15) is 0 Å². The number of hydrogen-bond acceptors (Lipinski definition) is 2. The van der Waals surface area contributed by atoms with Crippen molar-refractivity contribution >= 4 is 55.0 Å². The second-order valence-electron chi connectivity index (χ2n) is 12.7. The molecule has 0 bridgehead atoms. The van der Waals surface area contributed by atoms with Crippen molar-refractivity contribution in [3.8, 4) is 55.6 Å². The van der Waals surface area contributed by atoms with Crippen LogP contribution in [0.25, 0.3) is 9.75 Å². The molecule has 178 valence electrons. The van der Waals surface area contributed by atoms with Crippen LogP contribution in [-0.2, 0) is 0 Å². The summed E-state index contributed by atoms with van der Waals surface area (Å²) >= 11 is 3.53. The van der Waals surface area contributed by atoms with Crippen LogP contribution in [0.1, 0.15) is 20.9 Å². The van der Waals surface area contributed by atoms with E-state index in [1.54, 1.807) is 22.7 Å². The van der Waals surface area contributed by atoms with Crippen molar-refractivity contribution < 1.29 is 0 Å². The van der Waals surface area contributed by atoms with Crippen LogP contribution in [0.2, 0.25) is 78.6 Å². The van der Waals surface area contributed by atoms with E-state index in [1.165, 1.54) is 9.75 Å². The molecule has 0 aliphatic heterocycles. The Kier molecular flexibility index (Phi) is 8.99. The van der Waals surface area contributed by atoms with Crippen LogP contribution in [0.3, 0.4) is 0 Å². The Bertz CT molecular complexity index is 1200. The van der Waals surface area contributed by atoms with Gasteiger partial charge in [-0.25, -0.2) is 0 Å². The van der Waals surface area contributed by atoms with Gasteiger partial charge in [0.05, 0.1) is 19.5 Å². The van der Waals surface area contributed by atoms with Crippen LogP contribution < -0.4 is 0 Å². The molecule has 0 atom stereocenters. The first-order valence-corrected chi connectivity index (χ1v) is 27.4. The first kappa shape index (κ1) is 28.7. The van der Waals surface area contributed by atoms with E-state index >= 15 is 0 Å². The lowest BCUT2D eigenvalue weighted by atomic mass is 10.1. The summed E-state index contributed by atoms with van der Waals surface area (Å²) in [4.78, 5) is 4.61. The lowest BCUT2D eigenvalue weighted by molar-refractivity contribution is 1.74. The smallest absolute Gasteiger partial charge is 0.127 e. The molecule has 0 amide bonds. The zero-order chi connectivity index (χ0) is 25.9. The Morgan fingerprint density at radius 2 is 0.706 bits per heavy atom. The molecule has 2 rings (SSSR count). The fourth-order valence-electron chi connectivity index (χ4n) is 2.44. The van der Waals surface area contributed by atoms with Gasteiger partial charge in [0.1, 0.15) is 32.3 Å². The maximum Gasteiger partial charge on any atom is 0.129 e. The molecule has 0 spiro atoms. The van der Waals surface area contributed by atoms with Gasteiger partial charge in [0.15, 0.2) is 0 Å². The molecule has 2 aromatic rings. The Balaban J connectivity index is 2.78. The summed E-state index contributed by atoms with van der Waals surface area (Å²) in [5, 5.41) is 0. The fraction of sp³-hybridized carbons (Fsp3) is 0.429. The Morgan fingerprint density at radius 3 is 0.971 bits per heavy atom. The van der Waals surface area contributed by atoms with Gasteiger partial charge >= 0.3 is 0 Å². The van der Waals surface area contributed by atoms with Gasteiger partial charge in [0.25, 0.3) is 0 Å². The van der Waals surface area contributed by atoms with Crippen molar-refractivity contribution in [1.82, 2.24) is 0 Å². The number of rotatable bonds is 1. The molecule has 2 aromatic heterocycles. The molecule has 0 fully saturated rings. The lowest BCUT2D eigenvalue weighted by Gasteiger charge is -2.04. The van der Waals surface area contributed by atoms with Gasteiger partial charge in [0.2, 0.25) is 0 Å². The van der Waals surface area contributed by atoms with Crippen LogP contribution >= 0.6 is 22.7 Å². The summed E-state index contributed by atoms with van der Waals surface area (Å²) in [5.74, 6) is 14.0. The van der Waals surface area contributed by atoms with E-state index < -0.39 is 32.3 Å². The summed E-state index contributed by atoms with van der Waals surface area (Å²) in [6, 6.07) is 4.40. The second kappa shape index (κ2) is 10.6. The average Bonchev–Trinajstić information content (AvgIpc) is 3.22. The topological polar surface area (TPSA) is 0 Å². The molecule has 0 aliphatic rings. The average molecular weight is 551 g/mol. The third-order valence-corrected chi connectivity index (χ3v) is 9.70. The van der Waals surface area contributed by atoms with Crippen molar-refractivity contribution in [2.24, 2.45) is 0 Å². The molecule has 0 aliphatic carbocycles. The summed E-state index contributed by atoms with van der Waals surface area (Å²) < 4.78 is 0. The van der Waals surface area contributed by atoms with Gasteiger partial charge < -0.3 is 0 Å². The maximum absolute atomic E-state index is 3.57. The minimum atomic E-state index is -1.51. The Labute approximate surface area is 221 Å². The lowest BCUT2D eigenvalue weighted by Crippen LogP contribution is -2.16. The standard InChI is InChI=1S/C28H38S2Si4/c1-31(2,3)17-13-23-21-25(15-19-33(7,8)9)29-27(23)28-24(14-18-32(4,5)6)22-26(30-28)16-20-34(10,11)12/h21-22H,1-12H3. The molecular weight excluding hydrogens is 513 g/mol. The van der Waals surface area contributed by atoms with E-state index in [9.17, 15) is 0 Å². The van der Waals surface area contributed by atoms with Gasteiger partial charge in [-0.1, -0.05) is 102 Å². The van der Waals surface area contributed by atoms with Crippen LogP contribution in [0.4, 0.5) is 0 Å². The molecular formula is C28H38S2Si4. The highest BCUT2D eigenvalue weighted by Crippen LogP contribution is 2.39. The normalized spacial score (nSPS) is 11.8. The zero-order valence-corrected chi connectivity index (χ0v) is 28.6. The minimum absolute atomic E-state index is 1.09. The van der Waals surface area contributed by atoms with E-state index in [4.69, 9.17) is 0 Å². The first-order valence-electron chi connectivity index (χ1n) is 11.7. The molecule has 0 saturated carbocycles. The Hall–Kier alpha value is -1.49. The highest BCUT2D eigenvalue weighted by atomic mass is 32.1. The third-order valence-electron chi connectivity index (χ3n) is 3.94. The highest BCUT2D eigenvalue weighted by molar-refractivity contribution is 7.23. The van der Waals surface area contributed by atoms with Crippen molar-refractivity contribution in [2.75, 3.05) is 0 Å². The van der Waals surface area contributed by atoms with Gasteiger partial charge in [-0.15, -0.1) is 44.8 Å². The van der Waals surface area contributed by atoms with E-state index in [2.05, 4.69) is 137 Å². The van der Waals surface area contributed by atoms with Gasteiger partial charge in [-0.3, -0.25) is 0 Å². The largest absolute Gasteiger partial charge is 0.129 e. The second-order valence-corrected chi connectivity index (χ2v) is 33.8. The number of hydrogen-bond donors (Lipinski definition) is 0. The van der Waals surface area contributed by atoms with E-state index in [-0.39, 0.29) is 0 Å². The highest BCUT2D eigenvalue weighted by Gasteiger charge is 2.18. The van der Waals surface area contributed by atoms with Crippen LogP contribution in [0, 0.1) is 45.9 Å². The molecule has 2 heterocycles. The number of thiophene rings is 2. The molecule has 34 heavy (non-hydrogen) atoms. The van der Waals surface area contributed by atoms with Gasteiger partial charge in [0, 0.05) is 11.1 Å². The first-order chi connectivity index (χ1) is 15.3. The summed E-state index contributed by atoms with van der Waals surface area (Å²) in [5.41, 5.74) is 16.4. The maximum atomic E-state index is 3.57. The molecule has 0 aromatic carbocycles. The van der Waals surface area contributed by atoms with E-state index in [0.29, 0.717) is 0 Å². The summed E-state index contributed by atoms with van der Waals surface area (Å²) in [6.45, 7) is 27.4. The Morgan fingerprint density at radius 1 is 0.441 bits per heavy atom. The van der Waals surface area contributed by atoms with Crippen molar-refractivity contribution in [1.29, 1.82) is 0 Å². The molecule has 6 heteroatoms. The minimum Gasteiger partial charge on any atom is -0.127 e. The predicted octanol–water partition coefficient (Wildman–Crippen LogP) is 8.39. The third kappa shape index (κ3) is 10.4. The van der Waals surface area contributed by atoms with Crippen LogP contribution in [-0.4, -0.2) is 32.3 Å². The quantitative estimate of drug-likeness (QED) is 0.247. The zero-order valence-electron chi connectivity index (χ0n) is 23.0.